The summed E-state index contributed by atoms with van der Waals surface area (Å²) in [5, 5.41) is 53.3. The van der Waals surface area contributed by atoms with Gasteiger partial charge in [0.1, 0.15) is 0 Å². The first kappa shape index (κ1) is 30.7. The molecular formula is C16H33N2O10Pb. The van der Waals surface area contributed by atoms with E-state index < -0.39 is 21.5 Å². The molecule has 13 heteroatoms. The maximum Gasteiger partial charge on any atom is 0.0558 e. The molecular weight excluding hydrogens is 587 g/mol. The molecule has 0 aliphatic carbocycles. The largest absolute Gasteiger partial charge is 0.395 e. The van der Waals surface area contributed by atoms with E-state index in [0.717, 1.165) is 13.8 Å². The van der Waals surface area contributed by atoms with Gasteiger partial charge in [0, 0.05) is 19.6 Å². The van der Waals surface area contributed by atoms with E-state index in [0.29, 0.717) is 19.6 Å². The quantitative estimate of drug-likeness (QED) is 0.0628. The Morgan fingerprint density at radius 1 is 0.828 bits per heavy atom. The molecule has 0 aliphatic rings. The van der Waals surface area contributed by atoms with Crippen LogP contribution in [0.4, 0.5) is 0 Å². The van der Waals surface area contributed by atoms with Crippen molar-refractivity contribution in [1.82, 2.24) is 9.80 Å². The van der Waals surface area contributed by atoms with Crippen LogP contribution in [0.25, 0.3) is 0 Å². The molecule has 0 aliphatic heterocycles. The summed E-state index contributed by atoms with van der Waals surface area (Å²) in [5.74, 6) is -1.39. The zero-order valence-corrected chi connectivity index (χ0v) is 20.7. The van der Waals surface area contributed by atoms with Crippen LogP contribution < -0.4 is 0 Å². The first-order chi connectivity index (χ1) is 13.6. The minimum atomic E-state index is -1.68. The number of ether oxygens (including phenoxy) is 2. The molecule has 12 nitrogen and oxygen atoms in total. The van der Waals surface area contributed by atoms with Gasteiger partial charge in [-0.2, -0.15) is 0 Å². The van der Waals surface area contributed by atoms with E-state index in [4.69, 9.17) is 30.3 Å². The molecule has 0 amide bonds. The van der Waals surface area contributed by atoms with Gasteiger partial charge in [0.25, 0.3) is 0 Å². The van der Waals surface area contributed by atoms with Gasteiger partial charge in [-0.05, 0) is 0 Å². The third-order valence-corrected chi connectivity index (χ3v) is 5.96. The Morgan fingerprint density at radius 3 is 1.48 bits per heavy atom. The fraction of sp³-hybridized carbons (Fsp3) is 0.875. The van der Waals surface area contributed by atoms with Crippen LogP contribution in [-0.4, -0.2) is 153 Å². The average Bonchev–Trinajstić information content (AvgIpc) is 2.61. The van der Waals surface area contributed by atoms with Crippen LogP contribution in [0.3, 0.4) is 0 Å². The number of carbonyl (C=O) groups excluding carboxylic acids is 2. The molecule has 0 aromatic carbocycles. The van der Waals surface area contributed by atoms with E-state index in [9.17, 15) is 14.7 Å². The molecule has 0 saturated carbocycles. The molecule has 0 spiro atoms. The number of rotatable bonds is 14. The van der Waals surface area contributed by atoms with Gasteiger partial charge in [0.2, 0.25) is 0 Å². The fourth-order valence-electron chi connectivity index (χ4n) is 2.17. The number of aliphatic hydroxyl groups is 6. The molecule has 0 rings (SSSR count). The SMILES string of the molecule is CC(=O)OC(O)[C]([Pb])(OC(C)=O)N(CCO)CCO.OCCN(CCO)CCO. The molecule has 0 aromatic heterocycles. The number of hydrogen-bond donors (Lipinski definition) is 6. The van der Waals surface area contributed by atoms with E-state index in [1.165, 1.54) is 4.90 Å². The van der Waals surface area contributed by atoms with E-state index >= 15 is 0 Å². The van der Waals surface area contributed by atoms with Crippen LogP contribution in [-0.2, 0) is 19.1 Å². The van der Waals surface area contributed by atoms with Gasteiger partial charge in [0.05, 0.1) is 19.8 Å². The first-order valence-electron chi connectivity index (χ1n) is 8.94. The van der Waals surface area contributed by atoms with Crippen LogP contribution in [0, 0.1) is 0 Å². The molecule has 0 bridgehead atoms. The number of aliphatic hydroxyl groups excluding tert-OH is 6. The Bertz CT molecular complexity index is 426. The Hall–Kier alpha value is -0.458. The van der Waals surface area contributed by atoms with Crippen molar-refractivity contribution < 1.29 is 49.7 Å². The molecule has 171 valence electrons. The normalized spacial score (nSPS) is 14.0. The summed E-state index contributed by atoms with van der Waals surface area (Å²) in [6, 6.07) is 0. The van der Waals surface area contributed by atoms with Crippen molar-refractivity contribution in [2.24, 2.45) is 0 Å². The average molecular weight is 621 g/mol. The summed E-state index contributed by atoms with van der Waals surface area (Å²) in [4.78, 5) is 25.2. The third-order valence-electron chi connectivity index (χ3n) is 3.37. The van der Waals surface area contributed by atoms with Crippen molar-refractivity contribution in [2.75, 3.05) is 65.8 Å². The number of hydrogen-bond acceptors (Lipinski definition) is 12. The van der Waals surface area contributed by atoms with E-state index in [1.54, 1.807) is 4.90 Å². The number of esters is 2. The minimum Gasteiger partial charge on any atom is -0.395 e. The second kappa shape index (κ2) is 18.3. The van der Waals surface area contributed by atoms with Gasteiger partial charge < -0.3 is 15.3 Å². The van der Waals surface area contributed by atoms with Crippen LogP contribution in [0.5, 0.6) is 0 Å². The minimum absolute atomic E-state index is 0.0513. The van der Waals surface area contributed by atoms with Gasteiger partial charge in [-0.25, -0.2) is 0 Å². The van der Waals surface area contributed by atoms with Crippen LogP contribution in [0.15, 0.2) is 0 Å². The fourth-order valence-corrected chi connectivity index (χ4v) is 3.83. The Morgan fingerprint density at radius 2 is 1.21 bits per heavy atom. The molecule has 0 heterocycles. The van der Waals surface area contributed by atoms with Crippen molar-refractivity contribution in [1.29, 1.82) is 0 Å². The van der Waals surface area contributed by atoms with Crippen molar-refractivity contribution in [2.45, 2.75) is 23.4 Å². The van der Waals surface area contributed by atoms with Crippen LogP contribution >= 0.6 is 0 Å². The number of nitrogens with zero attached hydrogens (tertiary/aromatic N) is 2. The standard InChI is InChI=1S/C10H18NO7.C6H15NO3.Pb/c1-7(14)17-9(10(16)18-8(2)15)11(3-5-12)4-6-13;8-4-1-7(2-5-9)3-6-10;/h10,12-13,16H,3-6H2,1-2H3;8-10H,1-6H2;. The second-order valence-electron chi connectivity index (χ2n) is 5.70. The summed E-state index contributed by atoms with van der Waals surface area (Å²) in [5.41, 5.74) is 0. The topological polar surface area (TPSA) is 180 Å². The van der Waals surface area contributed by atoms with E-state index in [1.807, 2.05) is 0 Å². The maximum atomic E-state index is 11.2. The van der Waals surface area contributed by atoms with Crippen molar-refractivity contribution >= 4 is 37.7 Å². The van der Waals surface area contributed by atoms with E-state index in [2.05, 4.69) is 4.74 Å². The van der Waals surface area contributed by atoms with E-state index in [-0.39, 0.29) is 71.9 Å². The Labute approximate surface area is 186 Å². The molecule has 29 heavy (non-hydrogen) atoms. The Kier molecular flexibility index (Phi) is 19.4. The second-order valence-corrected chi connectivity index (χ2v) is 8.48. The molecule has 3 radical (unpaired) electrons. The predicted molar refractivity (Wildman–Crippen MR) is 101 cm³/mol. The predicted octanol–water partition coefficient (Wildman–Crippen LogP) is -4.19. The molecule has 0 saturated heterocycles. The summed E-state index contributed by atoms with van der Waals surface area (Å²) < 4.78 is 8.17. The van der Waals surface area contributed by atoms with Crippen LogP contribution in [0.2, 0.25) is 0 Å². The van der Waals surface area contributed by atoms with Gasteiger partial charge in [-0.15, -0.1) is 0 Å². The first-order valence-corrected chi connectivity index (χ1v) is 10.9. The number of carbonyl (C=O) groups is 2. The van der Waals surface area contributed by atoms with Gasteiger partial charge in [-0.3, -0.25) is 4.90 Å². The van der Waals surface area contributed by atoms with Crippen molar-refractivity contribution in [3.05, 3.63) is 0 Å². The zero-order chi connectivity index (χ0) is 22.9. The van der Waals surface area contributed by atoms with Gasteiger partial charge in [-0.1, -0.05) is 0 Å². The summed E-state index contributed by atoms with van der Waals surface area (Å²) >= 11 is 0.101. The van der Waals surface area contributed by atoms with Crippen LogP contribution in [0.1, 0.15) is 13.8 Å². The Balaban J connectivity index is 0. The monoisotopic (exact) mass is 621 g/mol. The molecule has 2 unspecified atom stereocenters. The summed E-state index contributed by atoms with van der Waals surface area (Å²) in [7, 11) is 0. The maximum absolute atomic E-state index is 11.2. The summed E-state index contributed by atoms with van der Waals surface area (Å²) in [6.45, 7) is 3.59. The van der Waals surface area contributed by atoms with Crippen molar-refractivity contribution in [3.63, 3.8) is 0 Å². The molecule has 2 atom stereocenters. The molecule has 0 aromatic rings. The summed E-state index contributed by atoms with van der Waals surface area (Å²) in [6.07, 6.45) is -1.68. The smallest absolute Gasteiger partial charge is 0.0558 e. The van der Waals surface area contributed by atoms with Gasteiger partial charge in [0.15, 0.2) is 0 Å². The molecule has 0 fully saturated rings. The van der Waals surface area contributed by atoms with Gasteiger partial charge >= 0.3 is 127 Å². The zero-order valence-electron chi connectivity index (χ0n) is 16.9. The van der Waals surface area contributed by atoms with Crippen molar-refractivity contribution in [3.8, 4) is 0 Å². The third kappa shape index (κ3) is 14.2. The molecule has 6 N–H and O–H groups in total.